The van der Waals surface area contributed by atoms with Crippen molar-refractivity contribution in [3.05, 3.63) is 59.4 Å². The zero-order chi connectivity index (χ0) is 16.9. The van der Waals surface area contributed by atoms with E-state index < -0.39 is 0 Å². The maximum Gasteiger partial charge on any atom is 0.257 e. The molecule has 1 aromatic heterocycles. The van der Waals surface area contributed by atoms with E-state index in [0.29, 0.717) is 11.3 Å². The Morgan fingerprint density at radius 1 is 1.12 bits per heavy atom. The first-order valence-electron chi connectivity index (χ1n) is 8.22. The van der Waals surface area contributed by atoms with Crippen LogP contribution in [0.3, 0.4) is 0 Å². The number of pyridine rings is 1. The first-order chi connectivity index (χ1) is 11.7. The van der Waals surface area contributed by atoms with Crippen molar-refractivity contribution >= 4 is 5.91 Å². The van der Waals surface area contributed by atoms with Gasteiger partial charge >= 0.3 is 0 Å². The van der Waals surface area contributed by atoms with Gasteiger partial charge in [-0.1, -0.05) is 11.6 Å². The fraction of sp³-hybridized carbons (Fsp3) is 0.368. The molecule has 24 heavy (non-hydrogen) atoms. The molecule has 1 saturated heterocycles. The van der Waals surface area contributed by atoms with E-state index in [1.54, 1.807) is 7.11 Å². The topological polar surface area (TPSA) is 45.7 Å². The lowest BCUT2D eigenvalue weighted by molar-refractivity contribution is 0.0625. The van der Waals surface area contributed by atoms with Crippen molar-refractivity contribution in [1.29, 1.82) is 0 Å². The van der Waals surface area contributed by atoms with Gasteiger partial charge in [0.25, 0.3) is 5.91 Å². The minimum Gasteiger partial charge on any atom is -0.496 e. The van der Waals surface area contributed by atoms with E-state index in [1.807, 2.05) is 54.5 Å². The van der Waals surface area contributed by atoms with E-state index >= 15 is 0 Å². The number of hydrogen-bond donors (Lipinski definition) is 0. The molecule has 1 fully saturated rings. The smallest absolute Gasteiger partial charge is 0.257 e. The summed E-state index contributed by atoms with van der Waals surface area (Å²) in [7, 11) is 1.61. The van der Waals surface area contributed by atoms with Crippen LogP contribution in [-0.2, 0) is 6.54 Å². The Hall–Kier alpha value is -2.40. The highest BCUT2D eigenvalue weighted by molar-refractivity contribution is 5.97. The lowest BCUT2D eigenvalue weighted by Gasteiger charge is -2.35. The van der Waals surface area contributed by atoms with Crippen LogP contribution in [0.25, 0.3) is 0 Å². The predicted octanol–water partition coefficient (Wildman–Crippen LogP) is 2.36. The van der Waals surface area contributed by atoms with Gasteiger partial charge in [-0.25, -0.2) is 0 Å². The monoisotopic (exact) mass is 325 g/mol. The molecular formula is C19H23N3O2. The molecule has 3 rings (SSSR count). The molecule has 0 saturated carbocycles. The average Bonchev–Trinajstić information content (AvgIpc) is 2.62. The molecule has 5 heteroatoms. The molecule has 0 atom stereocenters. The summed E-state index contributed by atoms with van der Waals surface area (Å²) >= 11 is 0. The predicted molar refractivity (Wildman–Crippen MR) is 93.1 cm³/mol. The third-order valence-electron chi connectivity index (χ3n) is 4.40. The second-order valence-corrected chi connectivity index (χ2v) is 6.13. The largest absolute Gasteiger partial charge is 0.496 e. The van der Waals surface area contributed by atoms with E-state index in [-0.39, 0.29) is 5.91 Å². The third-order valence-corrected chi connectivity index (χ3v) is 4.40. The first kappa shape index (κ1) is 16.5. The van der Waals surface area contributed by atoms with Crippen molar-refractivity contribution in [1.82, 2.24) is 14.8 Å². The summed E-state index contributed by atoms with van der Waals surface area (Å²) in [6.45, 7) is 6.12. The van der Waals surface area contributed by atoms with Crippen molar-refractivity contribution in [3.8, 4) is 5.75 Å². The Balaban J connectivity index is 1.62. The molecule has 1 aromatic carbocycles. The van der Waals surface area contributed by atoms with Gasteiger partial charge in [0.2, 0.25) is 0 Å². The Labute approximate surface area is 142 Å². The number of carbonyl (C=O) groups is 1. The Morgan fingerprint density at radius 3 is 2.50 bits per heavy atom. The van der Waals surface area contributed by atoms with E-state index in [1.165, 1.54) is 5.56 Å². The van der Waals surface area contributed by atoms with E-state index in [0.717, 1.165) is 38.3 Å². The maximum absolute atomic E-state index is 12.8. The minimum atomic E-state index is 0.0547. The van der Waals surface area contributed by atoms with Gasteiger partial charge in [0.15, 0.2) is 0 Å². The number of rotatable bonds is 4. The van der Waals surface area contributed by atoms with Crippen LogP contribution in [0.5, 0.6) is 5.75 Å². The van der Waals surface area contributed by atoms with Crippen molar-refractivity contribution in [2.24, 2.45) is 0 Å². The van der Waals surface area contributed by atoms with Gasteiger partial charge in [0.1, 0.15) is 5.75 Å². The molecule has 1 amide bonds. The molecule has 2 aromatic rings. The molecule has 0 bridgehead atoms. The van der Waals surface area contributed by atoms with Gasteiger partial charge in [-0.05, 0) is 36.8 Å². The number of aryl methyl sites for hydroxylation is 1. The molecule has 126 valence electrons. The standard InChI is InChI=1S/C19H23N3O2/c1-15-3-4-18(24-2)17(13-15)19(23)22-11-9-21(10-12-22)14-16-5-7-20-8-6-16/h3-8,13H,9-12,14H2,1-2H3. The lowest BCUT2D eigenvalue weighted by atomic mass is 10.1. The number of benzene rings is 1. The highest BCUT2D eigenvalue weighted by atomic mass is 16.5. The zero-order valence-electron chi connectivity index (χ0n) is 14.2. The summed E-state index contributed by atoms with van der Waals surface area (Å²) < 4.78 is 5.35. The van der Waals surface area contributed by atoms with Crippen LogP contribution in [0.2, 0.25) is 0 Å². The molecule has 0 N–H and O–H groups in total. The van der Waals surface area contributed by atoms with Crippen LogP contribution in [0.1, 0.15) is 21.5 Å². The quantitative estimate of drug-likeness (QED) is 0.866. The number of hydrogen-bond acceptors (Lipinski definition) is 4. The molecular weight excluding hydrogens is 302 g/mol. The zero-order valence-corrected chi connectivity index (χ0v) is 14.2. The van der Waals surface area contributed by atoms with Crippen molar-refractivity contribution in [2.75, 3.05) is 33.3 Å². The molecule has 0 spiro atoms. The molecule has 0 unspecified atom stereocenters. The van der Waals surface area contributed by atoms with Gasteiger partial charge < -0.3 is 9.64 Å². The van der Waals surface area contributed by atoms with E-state index in [9.17, 15) is 4.79 Å². The average molecular weight is 325 g/mol. The number of piperazine rings is 1. The van der Waals surface area contributed by atoms with Crippen molar-refractivity contribution < 1.29 is 9.53 Å². The number of methoxy groups -OCH3 is 1. The highest BCUT2D eigenvalue weighted by Crippen LogP contribution is 2.22. The lowest BCUT2D eigenvalue weighted by Crippen LogP contribution is -2.48. The van der Waals surface area contributed by atoms with Crippen LogP contribution in [0.15, 0.2) is 42.7 Å². The molecule has 2 heterocycles. The van der Waals surface area contributed by atoms with Crippen LogP contribution in [0.4, 0.5) is 0 Å². The Bertz CT molecular complexity index is 695. The molecule has 1 aliphatic heterocycles. The fourth-order valence-corrected chi connectivity index (χ4v) is 3.01. The number of nitrogens with zero attached hydrogens (tertiary/aromatic N) is 3. The molecule has 0 radical (unpaired) electrons. The van der Waals surface area contributed by atoms with Crippen LogP contribution >= 0.6 is 0 Å². The second kappa shape index (κ2) is 7.45. The number of aromatic nitrogens is 1. The van der Waals surface area contributed by atoms with E-state index in [4.69, 9.17) is 4.74 Å². The molecule has 5 nitrogen and oxygen atoms in total. The molecule has 1 aliphatic rings. The van der Waals surface area contributed by atoms with E-state index in [2.05, 4.69) is 9.88 Å². The maximum atomic E-state index is 12.8. The summed E-state index contributed by atoms with van der Waals surface area (Å²) in [4.78, 5) is 21.1. The second-order valence-electron chi connectivity index (χ2n) is 6.13. The number of ether oxygens (including phenoxy) is 1. The highest BCUT2D eigenvalue weighted by Gasteiger charge is 2.24. The number of carbonyl (C=O) groups excluding carboxylic acids is 1. The van der Waals surface area contributed by atoms with Gasteiger partial charge in [-0.15, -0.1) is 0 Å². The Kier molecular flexibility index (Phi) is 5.11. The van der Waals surface area contributed by atoms with Crippen LogP contribution in [-0.4, -0.2) is 54.0 Å². The van der Waals surface area contributed by atoms with Crippen LogP contribution in [0, 0.1) is 6.92 Å². The fourth-order valence-electron chi connectivity index (χ4n) is 3.01. The summed E-state index contributed by atoms with van der Waals surface area (Å²) in [5.41, 5.74) is 2.97. The minimum absolute atomic E-state index is 0.0547. The first-order valence-corrected chi connectivity index (χ1v) is 8.22. The molecule has 0 aliphatic carbocycles. The SMILES string of the molecule is COc1ccc(C)cc1C(=O)N1CCN(Cc2ccncc2)CC1. The number of amides is 1. The van der Waals surface area contributed by atoms with Gasteiger partial charge in [-0.2, -0.15) is 0 Å². The summed E-state index contributed by atoms with van der Waals surface area (Å²) in [6.07, 6.45) is 3.64. The van der Waals surface area contributed by atoms with Crippen molar-refractivity contribution in [2.45, 2.75) is 13.5 Å². The van der Waals surface area contributed by atoms with Crippen molar-refractivity contribution in [3.63, 3.8) is 0 Å². The van der Waals surface area contributed by atoms with Gasteiger partial charge in [0.05, 0.1) is 12.7 Å². The Morgan fingerprint density at radius 2 is 1.83 bits per heavy atom. The summed E-state index contributed by atoms with van der Waals surface area (Å²) in [5, 5.41) is 0. The summed E-state index contributed by atoms with van der Waals surface area (Å²) in [6, 6.07) is 9.80. The third kappa shape index (κ3) is 3.74. The van der Waals surface area contributed by atoms with Crippen LogP contribution < -0.4 is 4.74 Å². The van der Waals surface area contributed by atoms with Gasteiger partial charge in [0, 0.05) is 45.1 Å². The van der Waals surface area contributed by atoms with Gasteiger partial charge in [-0.3, -0.25) is 14.7 Å². The normalized spacial score (nSPS) is 15.3. The summed E-state index contributed by atoms with van der Waals surface area (Å²) in [5.74, 6) is 0.698.